The first-order chi connectivity index (χ1) is 8.95. The number of unbranched alkanes of at least 4 members (excludes halogenated alkanes) is 3. The van der Waals surface area contributed by atoms with Crippen LogP contribution in [0.15, 0.2) is 0 Å². The van der Waals surface area contributed by atoms with Gasteiger partial charge in [0.1, 0.15) is 0 Å². The quantitative estimate of drug-likeness (QED) is 0.435. The molecule has 124 valence electrons. The molecule has 0 heterocycles. The highest BCUT2D eigenvalue weighted by molar-refractivity contribution is 7.75. The van der Waals surface area contributed by atoms with Crippen LogP contribution in [0.4, 0.5) is 4.79 Å². The minimum absolute atomic E-state index is 0. The Morgan fingerprint density at radius 1 is 0.950 bits per heavy atom. The highest BCUT2D eigenvalue weighted by Gasteiger charge is 2.28. The summed E-state index contributed by atoms with van der Waals surface area (Å²) < 4.78 is 3.67. The van der Waals surface area contributed by atoms with Gasteiger partial charge in [0.25, 0.3) is 0 Å². The van der Waals surface area contributed by atoms with Crippen molar-refractivity contribution in [3.05, 3.63) is 0 Å². The fourth-order valence-electron chi connectivity index (χ4n) is 1.95. The van der Waals surface area contributed by atoms with Crippen molar-refractivity contribution in [1.29, 1.82) is 0 Å². The van der Waals surface area contributed by atoms with E-state index in [2.05, 4.69) is 32.2 Å². The lowest BCUT2D eigenvalue weighted by atomic mass is 10.4. The Morgan fingerprint density at radius 3 is 1.35 bits per heavy atom. The van der Waals surface area contributed by atoms with E-state index in [1.165, 1.54) is 38.5 Å². The second-order valence-corrected chi connectivity index (χ2v) is 9.90. The molecule has 0 atom stereocenters. The maximum atomic E-state index is 9.15. The average Bonchev–Trinajstić information content (AvgIpc) is 2.41. The molecule has 0 saturated heterocycles. The zero-order valence-corrected chi connectivity index (χ0v) is 15.2. The fourth-order valence-corrected chi connectivity index (χ4v) is 5.86. The predicted molar refractivity (Wildman–Crippen MR) is 92.2 cm³/mol. The average molecular weight is 310 g/mol. The van der Waals surface area contributed by atoms with E-state index in [9.17, 15) is 0 Å². The molecule has 4 N–H and O–H groups in total. The van der Waals surface area contributed by atoms with Gasteiger partial charge in [-0.15, -0.1) is 0 Å². The SMILES string of the molecule is CCCC[P+](C)(CCCC)CCCC.COC(=O)O.N. The van der Waals surface area contributed by atoms with Gasteiger partial charge in [-0.2, -0.15) is 0 Å². The van der Waals surface area contributed by atoms with Crippen molar-refractivity contribution < 1.29 is 14.6 Å². The van der Waals surface area contributed by atoms with Crippen molar-refractivity contribution >= 4 is 13.4 Å². The van der Waals surface area contributed by atoms with Crippen LogP contribution < -0.4 is 6.15 Å². The Kier molecular flexibility index (Phi) is 20.6. The molecule has 0 amide bonds. The maximum Gasteiger partial charge on any atom is 0.505 e. The summed E-state index contributed by atoms with van der Waals surface area (Å²) >= 11 is 0. The van der Waals surface area contributed by atoms with Gasteiger partial charge in [-0.25, -0.2) is 4.79 Å². The first kappa shape index (κ1) is 24.7. The van der Waals surface area contributed by atoms with Crippen LogP contribution in [0.5, 0.6) is 0 Å². The number of methoxy groups -OCH3 is 1. The number of hydrogen-bond donors (Lipinski definition) is 2. The minimum atomic E-state index is -1.25. The summed E-state index contributed by atoms with van der Waals surface area (Å²) in [6, 6.07) is 0. The lowest BCUT2D eigenvalue weighted by molar-refractivity contribution is 0.114. The van der Waals surface area contributed by atoms with Crippen molar-refractivity contribution in [2.24, 2.45) is 0 Å². The van der Waals surface area contributed by atoms with Crippen LogP contribution in [-0.4, -0.2) is 43.5 Å². The molecule has 0 spiro atoms. The molecule has 0 fully saturated rings. The molecule has 0 aromatic carbocycles. The van der Waals surface area contributed by atoms with Crippen LogP contribution in [0.3, 0.4) is 0 Å². The molecule has 0 aromatic rings. The molecule has 4 nitrogen and oxygen atoms in total. The van der Waals surface area contributed by atoms with Gasteiger partial charge in [0.15, 0.2) is 0 Å². The van der Waals surface area contributed by atoms with Crippen LogP contribution in [-0.2, 0) is 4.74 Å². The molecular weight excluding hydrogens is 273 g/mol. The summed E-state index contributed by atoms with van der Waals surface area (Å²) in [5, 5.41) is 7.50. The molecule has 5 heteroatoms. The third-order valence-corrected chi connectivity index (χ3v) is 7.52. The fraction of sp³-hybridized carbons (Fsp3) is 0.933. The van der Waals surface area contributed by atoms with Crippen molar-refractivity contribution in [2.75, 3.05) is 32.3 Å². The molecule has 0 saturated carbocycles. The lowest BCUT2D eigenvalue weighted by Crippen LogP contribution is -2.07. The Bertz CT molecular complexity index is 192. The number of ether oxygens (including phenoxy) is 1. The summed E-state index contributed by atoms with van der Waals surface area (Å²) in [7, 11) is 0.581. The van der Waals surface area contributed by atoms with Crippen LogP contribution in [0.1, 0.15) is 59.3 Å². The van der Waals surface area contributed by atoms with Gasteiger partial charge in [-0.05, 0) is 19.3 Å². The summed E-state index contributed by atoms with van der Waals surface area (Å²) in [5.74, 6) is 0. The monoisotopic (exact) mass is 310 g/mol. The summed E-state index contributed by atoms with van der Waals surface area (Å²) in [6.45, 7) is 9.59. The predicted octanol–water partition coefficient (Wildman–Crippen LogP) is 5.51. The Labute approximate surface area is 126 Å². The van der Waals surface area contributed by atoms with E-state index in [-0.39, 0.29) is 6.15 Å². The number of carboxylic acid groups (broad SMARTS) is 1. The summed E-state index contributed by atoms with van der Waals surface area (Å²) in [6.07, 6.45) is 12.0. The van der Waals surface area contributed by atoms with Crippen LogP contribution in [0.25, 0.3) is 0 Å². The molecule has 0 aliphatic heterocycles. The van der Waals surface area contributed by atoms with E-state index in [1.54, 1.807) is 18.5 Å². The van der Waals surface area contributed by atoms with Gasteiger partial charge < -0.3 is 16.0 Å². The molecule has 20 heavy (non-hydrogen) atoms. The van der Waals surface area contributed by atoms with Crippen LogP contribution in [0, 0.1) is 0 Å². The van der Waals surface area contributed by atoms with E-state index >= 15 is 0 Å². The molecule has 0 radical (unpaired) electrons. The first-order valence-electron chi connectivity index (χ1n) is 7.56. The van der Waals surface area contributed by atoms with Crippen molar-refractivity contribution in [3.8, 4) is 0 Å². The van der Waals surface area contributed by atoms with Gasteiger partial charge in [0.05, 0.1) is 25.6 Å². The topological polar surface area (TPSA) is 81.5 Å². The van der Waals surface area contributed by atoms with Crippen LogP contribution in [0.2, 0.25) is 0 Å². The molecular formula is C15H37NO3P+. The Balaban J connectivity index is -0.000000414. The normalized spacial score (nSPS) is 10.1. The van der Waals surface area contributed by atoms with Crippen LogP contribution >= 0.6 is 7.26 Å². The van der Waals surface area contributed by atoms with Gasteiger partial charge in [-0.1, -0.05) is 40.0 Å². The highest BCUT2D eigenvalue weighted by Crippen LogP contribution is 2.57. The molecule has 0 aliphatic carbocycles. The van der Waals surface area contributed by atoms with E-state index in [0.717, 1.165) is 7.11 Å². The molecule has 0 bridgehead atoms. The molecule has 0 aliphatic rings. The first-order valence-corrected chi connectivity index (χ1v) is 10.3. The standard InChI is InChI=1S/C13H30P.C2H4O3.H3N/c1-5-8-11-14(4,12-9-6-2)13-10-7-3;1-5-2(3)4;/h5-13H2,1-4H3;1H3,(H,3,4);1H3/q+1;;. The van der Waals surface area contributed by atoms with Gasteiger partial charge >= 0.3 is 6.16 Å². The third kappa shape index (κ3) is 17.7. The molecule has 0 rings (SSSR count). The van der Waals surface area contributed by atoms with Gasteiger partial charge in [0, 0.05) is 13.9 Å². The van der Waals surface area contributed by atoms with Crippen molar-refractivity contribution in [3.63, 3.8) is 0 Å². The summed E-state index contributed by atoms with van der Waals surface area (Å²) in [4.78, 5) is 9.15. The smallest absolute Gasteiger partial charge is 0.450 e. The second-order valence-electron chi connectivity index (χ2n) is 5.32. The lowest BCUT2D eigenvalue weighted by Gasteiger charge is -2.22. The van der Waals surface area contributed by atoms with Crippen molar-refractivity contribution in [2.45, 2.75) is 59.3 Å². The number of hydrogen-bond acceptors (Lipinski definition) is 3. The third-order valence-electron chi connectivity index (χ3n) is 3.33. The van der Waals surface area contributed by atoms with E-state index in [4.69, 9.17) is 9.90 Å². The van der Waals surface area contributed by atoms with Crippen molar-refractivity contribution in [1.82, 2.24) is 6.15 Å². The Morgan fingerprint density at radius 2 is 1.20 bits per heavy atom. The number of rotatable bonds is 9. The highest BCUT2D eigenvalue weighted by atomic mass is 31.2. The zero-order valence-electron chi connectivity index (χ0n) is 14.3. The van der Waals surface area contributed by atoms with E-state index in [1.807, 2.05) is 0 Å². The van der Waals surface area contributed by atoms with E-state index < -0.39 is 13.4 Å². The largest absolute Gasteiger partial charge is 0.505 e. The summed E-state index contributed by atoms with van der Waals surface area (Å²) in [5.41, 5.74) is 0. The molecule has 0 unspecified atom stereocenters. The molecule has 0 aromatic heterocycles. The second kappa shape index (κ2) is 16.7. The Hall–Kier alpha value is -0.340. The van der Waals surface area contributed by atoms with Gasteiger partial charge in [0.2, 0.25) is 0 Å². The number of carbonyl (C=O) groups is 1. The minimum Gasteiger partial charge on any atom is -0.450 e. The zero-order chi connectivity index (χ0) is 15.1. The van der Waals surface area contributed by atoms with E-state index in [0.29, 0.717) is 0 Å². The maximum absolute atomic E-state index is 9.15. The van der Waals surface area contributed by atoms with Gasteiger partial charge in [-0.3, -0.25) is 0 Å².